The molecule has 0 aliphatic carbocycles. The Morgan fingerprint density at radius 1 is 0.963 bits per heavy atom. The fraction of sp³-hybridized carbons (Fsp3) is 0.167. The average molecular weight is 374 g/mol. The molecule has 0 aliphatic rings. The Morgan fingerprint density at radius 3 is 2.41 bits per heavy atom. The Labute approximate surface area is 151 Å². The first-order valence-corrected chi connectivity index (χ1v) is 8.07. The van der Waals surface area contributed by atoms with E-state index < -0.39 is 6.36 Å². The molecule has 2 aromatic heterocycles. The first-order valence-electron chi connectivity index (χ1n) is 8.07. The fourth-order valence-corrected chi connectivity index (χ4v) is 2.75. The lowest BCUT2D eigenvalue weighted by molar-refractivity contribution is -0.274. The molecular formula is C18H13F3N4O2. The number of alkyl halides is 3. The topological polar surface area (TPSA) is 76.8 Å². The molecule has 0 amide bonds. The highest BCUT2D eigenvalue weighted by Crippen LogP contribution is 2.27. The molecule has 1 N–H and O–H groups in total. The molecule has 0 aliphatic heterocycles. The number of hydrogen-bond acceptors (Lipinski definition) is 5. The van der Waals surface area contributed by atoms with Crippen LogP contribution in [0.2, 0.25) is 0 Å². The molecule has 27 heavy (non-hydrogen) atoms. The second-order valence-electron chi connectivity index (χ2n) is 5.91. The van der Waals surface area contributed by atoms with E-state index in [1.165, 1.54) is 12.1 Å². The van der Waals surface area contributed by atoms with E-state index >= 15 is 0 Å². The molecule has 0 unspecified atom stereocenters. The quantitative estimate of drug-likeness (QED) is 0.564. The normalized spacial score (nSPS) is 11.8. The summed E-state index contributed by atoms with van der Waals surface area (Å²) in [6.07, 6.45) is -3.29. The maximum atomic E-state index is 12.2. The minimum absolute atomic E-state index is 0.225. The average Bonchev–Trinajstić information content (AvgIpc) is 3.28. The van der Waals surface area contributed by atoms with E-state index in [2.05, 4.69) is 25.4 Å². The number of rotatable bonds is 5. The van der Waals surface area contributed by atoms with Crippen molar-refractivity contribution >= 4 is 11.0 Å². The number of ether oxygens (including phenoxy) is 1. The highest BCUT2D eigenvalue weighted by molar-refractivity contribution is 5.82. The Morgan fingerprint density at radius 2 is 1.70 bits per heavy atom. The van der Waals surface area contributed by atoms with E-state index in [4.69, 9.17) is 4.42 Å². The summed E-state index contributed by atoms with van der Waals surface area (Å²) in [5.74, 6) is 0.683. The van der Waals surface area contributed by atoms with Crippen LogP contribution in [-0.4, -0.2) is 27.0 Å². The maximum absolute atomic E-state index is 12.2. The lowest BCUT2D eigenvalue weighted by Gasteiger charge is -2.09. The number of nitrogens with zero attached hydrogens (tertiary/aromatic N) is 3. The zero-order valence-corrected chi connectivity index (χ0v) is 13.8. The second-order valence-corrected chi connectivity index (χ2v) is 5.91. The molecule has 0 radical (unpaired) electrons. The fourth-order valence-electron chi connectivity index (χ4n) is 2.75. The Balaban J connectivity index is 1.44. The number of furan rings is 1. The van der Waals surface area contributed by atoms with Crippen LogP contribution in [0, 0.1) is 0 Å². The van der Waals surface area contributed by atoms with Gasteiger partial charge in [0, 0.05) is 5.39 Å². The number of aromatic nitrogens is 4. The van der Waals surface area contributed by atoms with Crippen molar-refractivity contribution < 1.29 is 22.3 Å². The van der Waals surface area contributed by atoms with Crippen molar-refractivity contribution in [2.75, 3.05) is 0 Å². The van der Waals surface area contributed by atoms with Gasteiger partial charge in [0.05, 0.1) is 0 Å². The first-order chi connectivity index (χ1) is 13.0. The standard InChI is InChI=1S/C18H13F3N4O2/c19-18(20,21)27-14-7-4-11(5-8-14)1-2-12-3-6-13-10-16(26-15(13)9-12)17-22-24-25-23-17/h3-10H,1-2H2,(H,22,23,24,25). The monoisotopic (exact) mass is 374 g/mol. The van der Waals surface area contributed by atoms with Crippen LogP contribution in [-0.2, 0) is 12.8 Å². The Kier molecular flexibility index (Phi) is 4.27. The van der Waals surface area contributed by atoms with Crippen molar-refractivity contribution in [1.29, 1.82) is 0 Å². The summed E-state index contributed by atoms with van der Waals surface area (Å²) >= 11 is 0. The predicted octanol–water partition coefficient (Wildman–Crippen LogP) is 4.30. The number of H-pyrrole nitrogens is 1. The smallest absolute Gasteiger partial charge is 0.453 e. The molecule has 138 valence electrons. The number of halogens is 3. The molecule has 6 nitrogen and oxygen atoms in total. The first kappa shape index (κ1) is 17.1. The molecule has 0 saturated carbocycles. The summed E-state index contributed by atoms with van der Waals surface area (Å²) in [6.45, 7) is 0. The van der Waals surface area contributed by atoms with Gasteiger partial charge in [0.15, 0.2) is 5.76 Å². The van der Waals surface area contributed by atoms with E-state index in [0.29, 0.717) is 30.0 Å². The summed E-state index contributed by atoms with van der Waals surface area (Å²) < 4.78 is 46.2. The van der Waals surface area contributed by atoms with Gasteiger partial charge in [-0.3, -0.25) is 0 Å². The van der Waals surface area contributed by atoms with Crippen molar-refractivity contribution in [2.24, 2.45) is 0 Å². The third-order valence-corrected chi connectivity index (χ3v) is 4.01. The van der Waals surface area contributed by atoms with Crippen molar-refractivity contribution in [3.8, 4) is 17.3 Å². The third kappa shape index (κ3) is 4.08. The van der Waals surface area contributed by atoms with Gasteiger partial charge in [0.25, 0.3) is 0 Å². The van der Waals surface area contributed by atoms with E-state index in [-0.39, 0.29) is 5.75 Å². The van der Waals surface area contributed by atoms with Gasteiger partial charge in [-0.15, -0.1) is 23.4 Å². The van der Waals surface area contributed by atoms with Crippen LogP contribution in [0.4, 0.5) is 13.2 Å². The van der Waals surface area contributed by atoms with Crippen LogP contribution in [0.3, 0.4) is 0 Å². The molecular weight excluding hydrogens is 361 g/mol. The zero-order chi connectivity index (χ0) is 18.9. The van der Waals surface area contributed by atoms with Gasteiger partial charge in [-0.05, 0) is 53.4 Å². The van der Waals surface area contributed by atoms with Crippen LogP contribution in [0.1, 0.15) is 11.1 Å². The predicted molar refractivity (Wildman–Crippen MR) is 89.9 cm³/mol. The molecule has 9 heteroatoms. The van der Waals surface area contributed by atoms with Gasteiger partial charge in [0.1, 0.15) is 11.3 Å². The van der Waals surface area contributed by atoms with Crippen molar-refractivity contribution in [1.82, 2.24) is 20.6 Å². The summed E-state index contributed by atoms with van der Waals surface area (Å²) in [5, 5.41) is 14.6. The number of hydrogen-bond donors (Lipinski definition) is 1. The minimum Gasteiger partial charge on any atom is -0.453 e. The highest BCUT2D eigenvalue weighted by atomic mass is 19.4. The van der Waals surface area contributed by atoms with E-state index in [1.807, 2.05) is 24.3 Å². The zero-order valence-electron chi connectivity index (χ0n) is 13.8. The Bertz CT molecular complexity index is 1040. The van der Waals surface area contributed by atoms with Gasteiger partial charge in [-0.1, -0.05) is 24.3 Å². The Hall–Kier alpha value is -3.36. The van der Waals surface area contributed by atoms with Gasteiger partial charge >= 0.3 is 6.36 Å². The molecule has 0 fully saturated rings. The number of fused-ring (bicyclic) bond motifs is 1. The maximum Gasteiger partial charge on any atom is 0.573 e. The molecule has 0 saturated heterocycles. The van der Waals surface area contributed by atoms with Crippen LogP contribution in [0.15, 0.2) is 52.9 Å². The molecule has 0 spiro atoms. The summed E-state index contributed by atoms with van der Waals surface area (Å²) in [5.41, 5.74) is 2.67. The number of aromatic amines is 1. The lowest BCUT2D eigenvalue weighted by atomic mass is 10.0. The van der Waals surface area contributed by atoms with Gasteiger partial charge < -0.3 is 9.15 Å². The summed E-state index contributed by atoms with van der Waals surface area (Å²) in [4.78, 5) is 0. The molecule has 4 aromatic rings. The van der Waals surface area contributed by atoms with E-state index in [1.54, 1.807) is 12.1 Å². The van der Waals surface area contributed by atoms with Gasteiger partial charge in [0.2, 0.25) is 5.82 Å². The molecule has 0 bridgehead atoms. The molecule has 0 atom stereocenters. The third-order valence-electron chi connectivity index (χ3n) is 4.01. The largest absolute Gasteiger partial charge is 0.573 e. The van der Waals surface area contributed by atoms with E-state index in [9.17, 15) is 13.2 Å². The number of nitrogens with one attached hydrogen (secondary N) is 1. The number of benzene rings is 2. The number of aryl methyl sites for hydroxylation is 2. The molecule has 2 aromatic carbocycles. The lowest BCUT2D eigenvalue weighted by Crippen LogP contribution is -2.17. The summed E-state index contributed by atoms with van der Waals surface area (Å²) in [6, 6.07) is 13.6. The van der Waals surface area contributed by atoms with Gasteiger partial charge in [-0.25, -0.2) is 0 Å². The van der Waals surface area contributed by atoms with Crippen molar-refractivity contribution in [3.63, 3.8) is 0 Å². The summed E-state index contributed by atoms with van der Waals surface area (Å²) in [7, 11) is 0. The van der Waals surface area contributed by atoms with Crippen LogP contribution in [0.25, 0.3) is 22.6 Å². The molecule has 2 heterocycles. The number of tetrazole rings is 1. The van der Waals surface area contributed by atoms with Crippen LogP contribution >= 0.6 is 0 Å². The SMILES string of the molecule is FC(F)(F)Oc1ccc(CCc2ccc3cc(-c4nn[nH]n4)oc3c2)cc1. The van der Waals surface area contributed by atoms with Gasteiger partial charge in [-0.2, -0.15) is 5.21 Å². The minimum atomic E-state index is -4.68. The van der Waals surface area contributed by atoms with Crippen LogP contribution in [0.5, 0.6) is 5.75 Å². The van der Waals surface area contributed by atoms with Crippen LogP contribution < -0.4 is 4.74 Å². The van der Waals surface area contributed by atoms with Crippen molar-refractivity contribution in [2.45, 2.75) is 19.2 Å². The molecule has 4 rings (SSSR count). The van der Waals surface area contributed by atoms with E-state index in [0.717, 1.165) is 16.5 Å². The van der Waals surface area contributed by atoms with Crippen molar-refractivity contribution in [3.05, 3.63) is 59.7 Å². The second kappa shape index (κ2) is 6.75. The highest BCUT2D eigenvalue weighted by Gasteiger charge is 2.30.